The van der Waals surface area contributed by atoms with E-state index < -0.39 is 39.0 Å². The summed E-state index contributed by atoms with van der Waals surface area (Å²) in [5, 5.41) is 3.36. The minimum absolute atomic E-state index is 0.107. The molecule has 0 spiro atoms. The SMILES string of the molecule is NC12C(=O)OCC1C2c1ccccc1.O=C1OCC2C(c3ccccc3)C12NS(=O)(=O)c1ccc(-c2cc(C(F)(F)F)on2)s1. The van der Waals surface area contributed by atoms with Crippen LogP contribution in [0.25, 0.3) is 10.6 Å². The minimum Gasteiger partial charge on any atom is -0.464 e. The Hall–Kier alpha value is -4.05. The summed E-state index contributed by atoms with van der Waals surface area (Å²) in [5.74, 6) is -2.48. The number of halogens is 3. The summed E-state index contributed by atoms with van der Waals surface area (Å²) < 4.78 is 80.8. The van der Waals surface area contributed by atoms with Crippen LogP contribution in [0, 0.1) is 11.8 Å². The van der Waals surface area contributed by atoms with Crippen LogP contribution in [-0.2, 0) is 35.3 Å². The second-order valence-electron chi connectivity index (χ2n) is 11.3. The molecule has 15 heteroatoms. The van der Waals surface area contributed by atoms with Crippen molar-refractivity contribution in [3.05, 3.63) is 95.7 Å². The van der Waals surface area contributed by atoms with Crippen molar-refractivity contribution in [2.75, 3.05) is 13.2 Å². The summed E-state index contributed by atoms with van der Waals surface area (Å²) in [4.78, 5) is 24.0. The van der Waals surface area contributed by atoms with Gasteiger partial charge in [0.2, 0.25) is 5.76 Å². The van der Waals surface area contributed by atoms with Gasteiger partial charge in [-0.2, -0.15) is 17.9 Å². The molecule has 2 aliphatic heterocycles. The second-order valence-corrected chi connectivity index (χ2v) is 14.3. The average molecular weight is 660 g/mol. The molecule has 0 radical (unpaired) electrons. The summed E-state index contributed by atoms with van der Waals surface area (Å²) in [6, 6.07) is 22.3. The van der Waals surface area contributed by atoms with E-state index in [1.807, 2.05) is 48.5 Å². The van der Waals surface area contributed by atoms with Crippen LogP contribution >= 0.6 is 11.3 Å². The summed E-state index contributed by atoms with van der Waals surface area (Å²) in [6.45, 7) is 0.588. The van der Waals surface area contributed by atoms with E-state index in [-0.39, 0.29) is 51.0 Å². The lowest BCUT2D eigenvalue weighted by Gasteiger charge is -2.15. The number of fused-ring (bicyclic) bond motifs is 2. The van der Waals surface area contributed by atoms with Gasteiger partial charge in [-0.1, -0.05) is 65.8 Å². The van der Waals surface area contributed by atoms with Crippen molar-refractivity contribution < 1.29 is 45.2 Å². The zero-order valence-electron chi connectivity index (χ0n) is 23.1. The molecule has 10 nitrogen and oxygen atoms in total. The Kier molecular flexibility index (Phi) is 6.74. The van der Waals surface area contributed by atoms with Crippen LogP contribution in [0.3, 0.4) is 0 Å². The lowest BCUT2D eigenvalue weighted by molar-refractivity contribution is -0.155. The molecule has 0 amide bonds. The zero-order chi connectivity index (χ0) is 31.8. The molecule has 4 heterocycles. The number of carbonyl (C=O) groups is 2. The first kappa shape index (κ1) is 29.6. The first-order valence-electron chi connectivity index (χ1n) is 13.8. The van der Waals surface area contributed by atoms with E-state index in [4.69, 9.17) is 15.2 Å². The molecular formula is C30H24F3N3O7S2. The van der Waals surface area contributed by atoms with Crippen molar-refractivity contribution in [2.45, 2.75) is 33.3 Å². The van der Waals surface area contributed by atoms with Crippen LogP contribution in [0.1, 0.15) is 28.7 Å². The maximum absolute atomic E-state index is 13.0. The molecule has 2 aromatic carbocycles. The van der Waals surface area contributed by atoms with E-state index >= 15 is 0 Å². The number of hydrogen-bond donors (Lipinski definition) is 2. The Bertz CT molecular complexity index is 1900. The van der Waals surface area contributed by atoms with E-state index in [1.165, 1.54) is 12.1 Å². The predicted octanol–water partition coefficient (Wildman–Crippen LogP) is 4.06. The van der Waals surface area contributed by atoms with Gasteiger partial charge < -0.3 is 19.7 Å². The molecule has 3 N–H and O–H groups in total. The zero-order valence-corrected chi connectivity index (χ0v) is 24.7. The third kappa shape index (κ3) is 4.76. The molecule has 8 rings (SSSR count). The first-order chi connectivity index (χ1) is 21.4. The number of nitrogens with two attached hydrogens (primary N) is 1. The van der Waals surface area contributed by atoms with Crippen LogP contribution in [0.5, 0.6) is 0 Å². The number of ether oxygens (including phenoxy) is 2. The molecular weight excluding hydrogens is 635 g/mol. The summed E-state index contributed by atoms with van der Waals surface area (Å²) in [6.07, 6.45) is -4.70. The number of aromatic nitrogens is 1. The van der Waals surface area contributed by atoms with Crippen LogP contribution in [0.15, 0.2) is 87.6 Å². The van der Waals surface area contributed by atoms with Crippen LogP contribution in [0.2, 0.25) is 0 Å². The number of benzene rings is 2. The van der Waals surface area contributed by atoms with Gasteiger partial charge in [-0.05, 0) is 23.3 Å². The van der Waals surface area contributed by atoms with E-state index in [2.05, 4.69) is 14.4 Å². The highest BCUT2D eigenvalue weighted by Crippen LogP contribution is 2.62. The maximum atomic E-state index is 13.0. The summed E-state index contributed by atoms with van der Waals surface area (Å²) >= 11 is 0.723. The molecule has 45 heavy (non-hydrogen) atoms. The van der Waals surface area contributed by atoms with Gasteiger partial charge in [-0.15, -0.1) is 11.3 Å². The number of carbonyl (C=O) groups excluding carboxylic acids is 2. The number of hydrogen-bond acceptors (Lipinski definition) is 10. The summed E-state index contributed by atoms with van der Waals surface area (Å²) in [7, 11) is -4.16. The molecule has 2 aliphatic carbocycles. The largest absolute Gasteiger partial charge is 0.464 e. The highest BCUT2D eigenvalue weighted by atomic mass is 32.2. The van der Waals surface area contributed by atoms with E-state index in [0.29, 0.717) is 12.7 Å². The van der Waals surface area contributed by atoms with Crippen LogP contribution in [-0.4, -0.2) is 49.8 Å². The number of thiophene rings is 1. The predicted molar refractivity (Wildman–Crippen MR) is 152 cm³/mol. The topological polar surface area (TPSA) is 151 Å². The number of nitrogens with zero attached hydrogens (tertiary/aromatic N) is 1. The number of alkyl halides is 3. The van der Waals surface area contributed by atoms with Gasteiger partial charge in [0.1, 0.15) is 21.0 Å². The molecule has 2 aromatic heterocycles. The Labute approximate surface area is 258 Å². The lowest BCUT2D eigenvalue weighted by atomic mass is 10.1. The third-order valence-corrected chi connectivity index (χ3v) is 11.9. The Morgan fingerprint density at radius 2 is 1.47 bits per heavy atom. The molecule has 6 atom stereocenters. The number of nitrogens with one attached hydrogen (secondary N) is 1. The highest BCUT2D eigenvalue weighted by molar-refractivity contribution is 7.91. The molecule has 4 aliphatic rings. The second kappa shape index (κ2) is 10.2. The summed E-state index contributed by atoms with van der Waals surface area (Å²) in [5.41, 5.74) is 5.72. The van der Waals surface area contributed by atoms with Crippen molar-refractivity contribution >= 4 is 33.3 Å². The average Bonchev–Trinajstić information content (AvgIpc) is 3.41. The smallest absolute Gasteiger partial charge is 0.452 e. The van der Waals surface area contributed by atoms with Gasteiger partial charge in [-0.25, -0.2) is 13.2 Å². The minimum atomic E-state index is -4.70. The third-order valence-electron chi connectivity index (χ3n) is 8.78. The number of sulfonamides is 1. The van der Waals surface area contributed by atoms with E-state index in [9.17, 15) is 31.2 Å². The van der Waals surface area contributed by atoms with Gasteiger partial charge >= 0.3 is 18.1 Å². The standard InChI is InChI=1S/C19H13F3N2O5S2.C11H11NO2/c20-19(21,22)14-8-12(23-29-14)13-6-7-15(30-13)31(26,27)24-18-11(9-28-17(18)25)16(18)10-4-2-1-3-5-10;12-11-8(6-14-10(11)13)9(11)7-4-2-1-3-5-7/h1-8,11,16,24H,9H2;1-5,8-9H,6,12H2. The fourth-order valence-corrected chi connectivity index (χ4v) is 9.12. The molecule has 234 valence electrons. The monoisotopic (exact) mass is 659 g/mol. The van der Waals surface area contributed by atoms with Gasteiger partial charge in [0.25, 0.3) is 10.0 Å². The van der Waals surface area contributed by atoms with Crippen molar-refractivity contribution in [3.8, 4) is 10.6 Å². The fraction of sp³-hybridized carbons (Fsp3) is 0.300. The molecule has 4 fully saturated rings. The molecule has 2 saturated heterocycles. The van der Waals surface area contributed by atoms with Crippen molar-refractivity contribution in [3.63, 3.8) is 0 Å². The normalized spacial score (nSPS) is 29.6. The van der Waals surface area contributed by atoms with Crippen LogP contribution < -0.4 is 10.5 Å². The lowest BCUT2D eigenvalue weighted by Crippen LogP contribution is -2.43. The van der Waals surface area contributed by atoms with Gasteiger partial charge in [0.15, 0.2) is 0 Å². The molecule has 0 bridgehead atoms. The highest BCUT2D eigenvalue weighted by Gasteiger charge is 2.76. The molecule has 4 aromatic rings. The van der Waals surface area contributed by atoms with Crippen molar-refractivity contribution in [2.24, 2.45) is 17.6 Å². The van der Waals surface area contributed by atoms with Gasteiger partial charge in [-0.3, -0.25) is 4.79 Å². The van der Waals surface area contributed by atoms with Crippen LogP contribution in [0.4, 0.5) is 13.2 Å². The Morgan fingerprint density at radius 3 is 2.04 bits per heavy atom. The fourth-order valence-electron chi connectivity index (χ4n) is 6.44. The first-order valence-corrected chi connectivity index (χ1v) is 16.1. The van der Waals surface area contributed by atoms with E-state index in [0.717, 1.165) is 22.5 Å². The Balaban J connectivity index is 0.000000192. The number of esters is 2. The molecule has 2 saturated carbocycles. The Morgan fingerprint density at radius 1 is 0.867 bits per heavy atom. The molecule has 6 unspecified atom stereocenters. The maximum Gasteiger partial charge on any atom is 0.452 e. The van der Waals surface area contributed by atoms with Gasteiger partial charge in [0.05, 0.1) is 18.1 Å². The quantitative estimate of drug-likeness (QED) is 0.292. The van der Waals surface area contributed by atoms with Crippen molar-refractivity contribution in [1.29, 1.82) is 0 Å². The van der Waals surface area contributed by atoms with Crippen molar-refractivity contribution in [1.82, 2.24) is 9.88 Å². The number of rotatable bonds is 6. The van der Waals surface area contributed by atoms with E-state index in [1.54, 1.807) is 12.1 Å². The van der Waals surface area contributed by atoms with Gasteiger partial charge in [0, 0.05) is 29.7 Å². The number of cyclic esters (lactones) is 2.